The second-order valence-corrected chi connectivity index (χ2v) is 10.1. The van der Waals surface area contributed by atoms with Gasteiger partial charge in [0.2, 0.25) is 0 Å². The van der Waals surface area contributed by atoms with E-state index in [2.05, 4.69) is 6.92 Å². The van der Waals surface area contributed by atoms with E-state index >= 15 is 0 Å². The first-order chi connectivity index (χ1) is 17.0. The number of esters is 1. The summed E-state index contributed by atoms with van der Waals surface area (Å²) in [5.41, 5.74) is 0. The summed E-state index contributed by atoms with van der Waals surface area (Å²) in [6.07, 6.45) is 18.2. The molecule has 0 saturated heterocycles. The molecule has 0 radical (unpaired) electrons. The first kappa shape index (κ1) is 34.3. The fraction of sp³-hybridized carbons (Fsp3) is 0.964. The summed E-state index contributed by atoms with van der Waals surface area (Å²) in [6, 6.07) is 0. The van der Waals surface area contributed by atoms with Gasteiger partial charge in [-0.05, 0) is 6.42 Å². The first-order valence-electron chi connectivity index (χ1n) is 14.4. The van der Waals surface area contributed by atoms with Crippen molar-refractivity contribution in [2.75, 3.05) is 13.2 Å². The predicted octanol–water partition coefficient (Wildman–Crippen LogP) is 4.79. The minimum atomic E-state index is -1.71. The third kappa shape index (κ3) is 20.1. The van der Waals surface area contributed by atoms with Gasteiger partial charge in [0.25, 0.3) is 0 Å². The van der Waals surface area contributed by atoms with E-state index in [0.29, 0.717) is 6.42 Å². The van der Waals surface area contributed by atoms with Crippen LogP contribution in [0.5, 0.6) is 0 Å². The monoisotopic (exact) mass is 504 g/mol. The quantitative estimate of drug-likeness (QED) is 0.0846. The minimum absolute atomic E-state index is 0.181. The molecule has 7 nitrogen and oxygen atoms in total. The molecule has 0 fully saturated rings. The summed E-state index contributed by atoms with van der Waals surface area (Å²) < 4.78 is 5.02. The fourth-order valence-corrected chi connectivity index (χ4v) is 4.35. The SMILES string of the molecule is CCCCCCCCCCCCCCCCCCCCCC(=O)O[C@H](CO)[C@@H](O)[C@H](O)[C@H](O)CO. The van der Waals surface area contributed by atoms with Crippen molar-refractivity contribution in [3.05, 3.63) is 0 Å². The lowest BCUT2D eigenvalue weighted by atomic mass is 10.0. The van der Waals surface area contributed by atoms with Gasteiger partial charge in [-0.2, -0.15) is 0 Å². The first-order valence-corrected chi connectivity index (χ1v) is 14.4. The maximum atomic E-state index is 11.9. The molecule has 0 heterocycles. The van der Waals surface area contributed by atoms with Crippen LogP contribution in [0.2, 0.25) is 0 Å². The number of ether oxygens (including phenoxy) is 1. The van der Waals surface area contributed by atoms with E-state index in [1.165, 1.54) is 96.3 Å². The second kappa shape index (κ2) is 24.9. The van der Waals surface area contributed by atoms with Gasteiger partial charge in [0, 0.05) is 6.42 Å². The molecule has 4 atom stereocenters. The third-order valence-electron chi connectivity index (χ3n) is 6.76. The zero-order chi connectivity index (χ0) is 26.2. The van der Waals surface area contributed by atoms with Crippen LogP contribution in [-0.4, -0.2) is 69.1 Å². The lowest BCUT2D eigenvalue weighted by Gasteiger charge is -2.27. The molecule has 0 aromatic heterocycles. The van der Waals surface area contributed by atoms with Crippen LogP contribution in [0.25, 0.3) is 0 Å². The lowest BCUT2D eigenvalue weighted by molar-refractivity contribution is -0.171. The molecule has 0 unspecified atom stereocenters. The Balaban J connectivity index is 3.49. The van der Waals surface area contributed by atoms with Crippen LogP contribution in [0.15, 0.2) is 0 Å². The van der Waals surface area contributed by atoms with Crippen molar-refractivity contribution < 1.29 is 35.1 Å². The Morgan fingerprint density at radius 1 is 0.571 bits per heavy atom. The average Bonchev–Trinajstić information content (AvgIpc) is 2.87. The Morgan fingerprint density at radius 2 is 0.943 bits per heavy atom. The van der Waals surface area contributed by atoms with Gasteiger partial charge in [-0.1, -0.05) is 122 Å². The van der Waals surface area contributed by atoms with Crippen LogP contribution in [0.3, 0.4) is 0 Å². The highest BCUT2D eigenvalue weighted by Gasteiger charge is 2.33. The van der Waals surface area contributed by atoms with Gasteiger partial charge < -0.3 is 30.3 Å². The molecule has 0 aliphatic carbocycles. The number of carbonyl (C=O) groups is 1. The highest BCUT2D eigenvalue weighted by atomic mass is 16.6. The van der Waals surface area contributed by atoms with Gasteiger partial charge in [-0.15, -0.1) is 0 Å². The number of aliphatic hydroxyl groups is 5. The van der Waals surface area contributed by atoms with Crippen molar-refractivity contribution in [3.63, 3.8) is 0 Å². The third-order valence-corrected chi connectivity index (χ3v) is 6.76. The largest absolute Gasteiger partial charge is 0.457 e. The Labute approximate surface area is 214 Å². The average molecular weight is 505 g/mol. The number of hydrogen-bond acceptors (Lipinski definition) is 7. The van der Waals surface area contributed by atoms with Crippen molar-refractivity contribution in [3.8, 4) is 0 Å². The molecule has 0 saturated carbocycles. The summed E-state index contributed by atoms with van der Waals surface area (Å²) in [5, 5.41) is 47.1. The lowest BCUT2D eigenvalue weighted by Crippen LogP contribution is -2.48. The molecule has 7 heteroatoms. The standard InChI is InChI=1S/C28H56O7/c1-2-3-4-5-6-7-8-9-10-11-12-13-14-15-16-17-18-19-20-21-26(32)35-25(23-30)28(34)27(33)24(31)22-29/h24-25,27-31,33-34H,2-23H2,1H3/t24-,25-,27-,28-/m1/s1. The summed E-state index contributed by atoms with van der Waals surface area (Å²) in [4.78, 5) is 11.9. The van der Waals surface area contributed by atoms with Crippen LogP contribution in [0, 0.1) is 0 Å². The molecule has 0 aliphatic heterocycles. The van der Waals surface area contributed by atoms with Gasteiger partial charge in [0.15, 0.2) is 6.10 Å². The molecule has 5 N–H and O–H groups in total. The Kier molecular flexibility index (Phi) is 24.4. The van der Waals surface area contributed by atoms with Crippen molar-refractivity contribution >= 4 is 5.97 Å². The van der Waals surface area contributed by atoms with Crippen LogP contribution in [0.4, 0.5) is 0 Å². The number of aliphatic hydroxyl groups excluding tert-OH is 5. The molecule has 0 aromatic rings. The highest BCUT2D eigenvalue weighted by molar-refractivity contribution is 5.69. The van der Waals surface area contributed by atoms with Crippen LogP contribution < -0.4 is 0 Å². The van der Waals surface area contributed by atoms with E-state index in [0.717, 1.165) is 19.3 Å². The van der Waals surface area contributed by atoms with Crippen molar-refractivity contribution in [2.45, 2.75) is 160 Å². The summed E-state index contributed by atoms with van der Waals surface area (Å²) >= 11 is 0. The maximum Gasteiger partial charge on any atom is 0.306 e. The smallest absolute Gasteiger partial charge is 0.306 e. The van der Waals surface area contributed by atoms with Gasteiger partial charge in [-0.25, -0.2) is 0 Å². The zero-order valence-electron chi connectivity index (χ0n) is 22.4. The van der Waals surface area contributed by atoms with E-state index in [1.807, 2.05) is 0 Å². The fourth-order valence-electron chi connectivity index (χ4n) is 4.35. The maximum absolute atomic E-state index is 11.9. The number of unbranched alkanes of at least 4 members (excludes halogenated alkanes) is 18. The van der Waals surface area contributed by atoms with Gasteiger partial charge in [-0.3, -0.25) is 4.79 Å². The van der Waals surface area contributed by atoms with Crippen molar-refractivity contribution in [1.29, 1.82) is 0 Å². The number of rotatable bonds is 26. The second-order valence-electron chi connectivity index (χ2n) is 10.1. The summed E-state index contributed by atoms with van der Waals surface area (Å²) in [6.45, 7) is 0.840. The Bertz CT molecular complexity index is 461. The van der Waals surface area contributed by atoms with Gasteiger partial charge in [0.1, 0.15) is 18.3 Å². The number of carbonyl (C=O) groups excluding carboxylic acids is 1. The summed E-state index contributed by atoms with van der Waals surface area (Å²) in [7, 11) is 0. The molecule has 35 heavy (non-hydrogen) atoms. The Morgan fingerprint density at radius 3 is 1.29 bits per heavy atom. The van der Waals surface area contributed by atoms with E-state index in [9.17, 15) is 25.2 Å². The van der Waals surface area contributed by atoms with E-state index in [1.54, 1.807) is 0 Å². The number of hydrogen-bond donors (Lipinski definition) is 5. The van der Waals surface area contributed by atoms with E-state index < -0.39 is 43.6 Å². The van der Waals surface area contributed by atoms with Crippen LogP contribution >= 0.6 is 0 Å². The molecule has 0 aliphatic rings. The molecule has 0 rings (SSSR count). The van der Waals surface area contributed by atoms with Crippen LogP contribution in [0.1, 0.15) is 135 Å². The topological polar surface area (TPSA) is 127 Å². The molecular formula is C28H56O7. The normalized spacial score (nSPS) is 15.0. The van der Waals surface area contributed by atoms with Gasteiger partial charge in [0.05, 0.1) is 13.2 Å². The zero-order valence-corrected chi connectivity index (χ0v) is 22.4. The molecule has 0 bridgehead atoms. The van der Waals surface area contributed by atoms with Crippen LogP contribution in [-0.2, 0) is 9.53 Å². The molecule has 0 amide bonds. The highest BCUT2D eigenvalue weighted by Crippen LogP contribution is 2.15. The van der Waals surface area contributed by atoms with E-state index in [-0.39, 0.29) is 6.42 Å². The Hall–Kier alpha value is -0.730. The summed E-state index contributed by atoms with van der Waals surface area (Å²) in [5.74, 6) is -0.555. The van der Waals surface area contributed by atoms with Gasteiger partial charge >= 0.3 is 5.97 Å². The molecule has 0 aromatic carbocycles. The molecular weight excluding hydrogens is 448 g/mol. The minimum Gasteiger partial charge on any atom is -0.457 e. The molecule has 210 valence electrons. The molecule has 0 spiro atoms. The predicted molar refractivity (Wildman–Crippen MR) is 140 cm³/mol. The van der Waals surface area contributed by atoms with Crippen molar-refractivity contribution in [2.24, 2.45) is 0 Å². The van der Waals surface area contributed by atoms with E-state index in [4.69, 9.17) is 9.84 Å². The van der Waals surface area contributed by atoms with Crippen molar-refractivity contribution in [1.82, 2.24) is 0 Å².